The highest BCUT2D eigenvalue weighted by atomic mass is 35.5. The van der Waals surface area contributed by atoms with E-state index in [4.69, 9.17) is 16.6 Å². The van der Waals surface area contributed by atoms with Crippen LogP contribution in [0.2, 0.25) is 5.02 Å². The Bertz CT molecular complexity index is 1280. The van der Waals surface area contributed by atoms with Crippen LogP contribution in [0.5, 0.6) is 0 Å². The van der Waals surface area contributed by atoms with Crippen LogP contribution in [0.25, 0.3) is 22.4 Å². The number of hydrogen-bond acceptors (Lipinski definition) is 5. The molecule has 1 aliphatic heterocycles. The summed E-state index contributed by atoms with van der Waals surface area (Å²) in [5.74, 6) is 0.875. The molecule has 7 heteroatoms. The third-order valence-corrected chi connectivity index (χ3v) is 6.69. The molecule has 1 saturated heterocycles. The van der Waals surface area contributed by atoms with E-state index >= 15 is 0 Å². The number of halogens is 1. The van der Waals surface area contributed by atoms with E-state index in [1.165, 1.54) is 0 Å². The zero-order valence-electron chi connectivity index (χ0n) is 19.2. The molecule has 5 rings (SSSR count). The van der Waals surface area contributed by atoms with E-state index in [9.17, 15) is 5.11 Å². The maximum absolute atomic E-state index is 10.1. The molecular formula is C26H28ClN5O. The van der Waals surface area contributed by atoms with Crippen LogP contribution in [0, 0.1) is 0 Å². The standard InChI is InChI=1S/C26H28ClN5O/c1-26(2,33)24-11-9-19(17-28-24)32-14-12-31(13-15-32)18-8-10-21(27)20(16-18)25-29-22-6-4-5-7-23(22)30(25)3/h4-11,16-17,33H,12-15H2,1-3H3. The monoisotopic (exact) mass is 461 g/mol. The Hall–Kier alpha value is -3.09. The van der Waals surface area contributed by atoms with E-state index in [1.807, 2.05) is 49.6 Å². The number of aromatic nitrogens is 3. The minimum Gasteiger partial charge on any atom is -0.384 e. The highest BCUT2D eigenvalue weighted by Crippen LogP contribution is 2.33. The van der Waals surface area contributed by atoms with E-state index in [1.54, 1.807) is 13.8 Å². The highest BCUT2D eigenvalue weighted by molar-refractivity contribution is 6.33. The normalized spacial score (nSPS) is 14.8. The van der Waals surface area contributed by atoms with Crippen molar-refractivity contribution in [3.8, 4) is 11.4 Å². The van der Waals surface area contributed by atoms with Gasteiger partial charge < -0.3 is 19.5 Å². The second-order valence-electron chi connectivity index (χ2n) is 9.08. The Morgan fingerprint density at radius 1 is 0.909 bits per heavy atom. The van der Waals surface area contributed by atoms with Crippen molar-refractivity contribution in [3.05, 3.63) is 71.5 Å². The highest BCUT2D eigenvalue weighted by Gasteiger charge is 2.22. The van der Waals surface area contributed by atoms with Gasteiger partial charge >= 0.3 is 0 Å². The van der Waals surface area contributed by atoms with Crippen molar-refractivity contribution >= 4 is 34.0 Å². The summed E-state index contributed by atoms with van der Waals surface area (Å²) in [6.07, 6.45) is 1.86. The third kappa shape index (κ3) is 4.16. The van der Waals surface area contributed by atoms with Crippen LogP contribution in [-0.2, 0) is 12.6 Å². The molecule has 3 heterocycles. The molecule has 0 unspecified atom stereocenters. The number of aryl methyl sites for hydroxylation is 1. The SMILES string of the molecule is Cn1c(-c2cc(N3CCN(c4ccc(C(C)(C)O)nc4)CC3)ccc2Cl)nc2ccccc21. The van der Waals surface area contributed by atoms with Gasteiger partial charge in [-0.2, -0.15) is 0 Å². The predicted molar refractivity (Wildman–Crippen MR) is 135 cm³/mol. The van der Waals surface area contributed by atoms with Gasteiger partial charge in [-0.15, -0.1) is 0 Å². The molecule has 0 atom stereocenters. The first kappa shape index (κ1) is 21.7. The lowest BCUT2D eigenvalue weighted by atomic mass is 10.0. The average molecular weight is 462 g/mol. The molecule has 4 aromatic rings. The summed E-state index contributed by atoms with van der Waals surface area (Å²) in [6, 6.07) is 18.3. The molecule has 170 valence electrons. The predicted octanol–water partition coefficient (Wildman–Crippen LogP) is 4.84. The number of pyridine rings is 1. The third-order valence-electron chi connectivity index (χ3n) is 6.36. The summed E-state index contributed by atoms with van der Waals surface area (Å²) in [5.41, 5.74) is 4.99. The molecule has 1 fully saturated rings. The zero-order chi connectivity index (χ0) is 23.2. The van der Waals surface area contributed by atoms with Gasteiger partial charge in [0.15, 0.2) is 0 Å². The molecule has 0 aliphatic carbocycles. The number of piperazine rings is 1. The van der Waals surface area contributed by atoms with E-state index in [-0.39, 0.29) is 0 Å². The van der Waals surface area contributed by atoms with Crippen LogP contribution < -0.4 is 9.80 Å². The van der Waals surface area contributed by atoms with Crippen molar-refractivity contribution in [2.75, 3.05) is 36.0 Å². The number of aliphatic hydroxyl groups is 1. The minimum atomic E-state index is -0.928. The fourth-order valence-corrected chi connectivity index (χ4v) is 4.63. The van der Waals surface area contributed by atoms with Gasteiger partial charge in [0.2, 0.25) is 0 Å². The number of imidazole rings is 1. The molecule has 6 nitrogen and oxygen atoms in total. The Labute approximate surface area is 199 Å². The van der Waals surface area contributed by atoms with Crippen LogP contribution in [0.3, 0.4) is 0 Å². The van der Waals surface area contributed by atoms with Gasteiger partial charge in [-0.1, -0.05) is 23.7 Å². The van der Waals surface area contributed by atoms with Crippen molar-refractivity contribution in [1.29, 1.82) is 0 Å². The molecule has 1 N–H and O–H groups in total. The van der Waals surface area contributed by atoms with Gasteiger partial charge in [-0.3, -0.25) is 4.98 Å². The van der Waals surface area contributed by atoms with Crippen molar-refractivity contribution in [1.82, 2.24) is 14.5 Å². The average Bonchev–Trinajstić information content (AvgIpc) is 3.15. The van der Waals surface area contributed by atoms with Gasteiger partial charge in [-0.05, 0) is 56.3 Å². The van der Waals surface area contributed by atoms with E-state index in [2.05, 4.69) is 37.5 Å². The maximum Gasteiger partial charge on any atom is 0.142 e. The van der Waals surface area contributed by atoms with Gasteiger partial charge in [-0.25, -0.2) is 4.98 Å². The van der Waals surface area contributed by atoms with Crippen LogP contribution in [-0.4, -0.2) is 45.8 Å². The maximum atomic E-state index is 10.1. The number of hydrogen-bond donors (Lipinski definition) is 1. The topological polar surface area (TPSA) is 57.4 Å². The number of nitrogens with zero attached hydrogens (tertiary/aromatic N) is 5. The second kappa shape index (κ2) is 8.36. The summed E-state index contributed by atoms with van der Waals surface area (Å²) in [4.78, 5) is 14.0. The summed E-state index contributed by atoms with van der Waals surface area (Å²) < 4.78 is 2.10. The van der Waals surface area contributed by atoms with Crippen LogP contribution >= 0.6 is 11.6 Å². The summed E-state index contributed by atoms with van der Waals surface area (Å²) in [6.45, 7) is 7.10. The lowest BCUT2D eigenvalue weighted by molar-refractivity contribution is 0.0739. The number of benzene rings is 2. The molecular weight excluding hydrogens is 434 g/mol. The Kier molecular flexibility index (Phi) is 5.51. The Morgan fingerprint density at radius 2 is 1.58 bits per heavy atom. The molecule has 33 heavy (non-hydrogen) atoms. The fourth-order valence-electron chi connectivity index (χ4n) is 4.43. The number of rotatable bonds is 4. The second-order valence-corrected chi connectivity index (χ2v) is 9.49. The van der Waals surface area contributed by atoms with Crippen LogP contribution in [0.15, 0.2) is 60.8 Å². The summed E-state index contributed by atoms with van der Waals surface area (Å²) >= 11 is 6.61. The zero-order valence-corrected chi connectivity index (χ0v) is 19.9. The molecule has 0 bridgehead atoms. The fraction of sp³-hybridized carbons (Fsp3) is 0.308. The van der Waals surface area contributed by atoms with Gasteiger partial charge in [0, 0.05) is 44.5 Å². The largest absolute Gasteiger partial charge is 0.384 e. The lowest BCUT2D eigenvalue weighted by Gasteiger charge is -2.37. The number of para-hydroxylation sites is 2. The molecule has 1 aliphatic rings. The smallest absolute Gasteiger partial charge is 0.142 e. The van der Waals surface area contributed by atoms with E-state index in [0.29, 0.717) is 10.7 Å². The summed E-state index contributed by atoms with van der Waals surface area (Å²) in [7, 11) is 2.03. The molecule has 0 amide bonds. The number of anilines is 2. The van der Waals surface area contributed by atoms with Crippen LogP contribution in [0.1, 0.15) is 19.5 Å². The first-order chi connectivity index (χ1) is 15.8. The Morgan fingerprint density at radius 3 is 2.21 bits per heavy atom. The Balaban J connectivity index is 1.35. The molecule has 0 radical (unpaired) electrons. The van der Waals surface area contributed by atoms with Gasteiger partial charge in [0.1, 0.15) is 11.4 Å². The quantitative estimate of drug-likeness (QED) is 0.471. The van der Waals surface area contributed by atoms with Crippen molar-refractivity contribution in [2.24, 2.45) is 7.05 Å². The van der Waals surface area contributed by atoms with Gasteiger partial charge in [0.25, 0.3) is 0 Å². The minimum absolute atomic E-state index is 0.681. The molecule has 2 aromatic carbocycles. The number of fused-ring (bicyclic) bond motifs is 1. The van der Waals surface area contributed by atoms with Crippen molar-refractivity contribution < 1.29 is 5.11 Å². The van der Waals surface area contributed by atoms with E-state index < -0.39 is 5.60 Å². The van der Waals surface area contributed by atoms with Crippen molar-refractivity contribution in [2.45, 2.75) is 19.4 Å². The van der Waals surface area contributed by atoms with E-state index in [0.717, 1.165) is 60.0 Å². The molecule has 0 saturated carbocycles. The lowest BCUT2D eigenvalue weighted by Crippen LogP contribution is -2.46. The first-order valence-corrected chi connectivity index (χ1v) is 11.6. The summed E-state index contributed by atoms with van der Waals surface area (Å²) in [5, 5.41) is 10.8. The van der Waals surface area contributed by atoms with Gasteiger partial charge in [0.05, 0.1) is 33.6 Å². The van der Waals surface area contributed by atoms with Crippen LogP contribution in [0.4, 0.5) is 11.4 Å². The van der Waals surface area contributed by atoms with Crippen molar-refractivity contribution in [3.63, 3.8) is 0 Å². The first-order valence-electron chi connectivity index (χ1n) is 11.2. The molecule has 2 aromatic heterocycles. The molecule has 0 spiro atoms.